The van der Waals surface area contributed by atoms with Crippen molar-refractivity contribution in [2.45, 2.75) is 25.9 Å². The molecular weight excluding hydrogens is 444 g/mol. The average Bonchev–Trinajstić information content (AvgIpc) is 3.62. The van der Waals surface area contributed by atoms with Gasteiger partial charge in [0.1, 0.15) is 5.75 Å². The van der Waals surface area contributed by atoms with Gasteiger partial charge >= 0.3 is 0 Å². The molecule has 2 aromatic carbocycles. The van der Waals surface area contributed by atoms with Crippen LogP contribution >= 0.6 is 0 Å². The molecule has 35 heavy (non-hydrogen) atoms. The SMILES string of the molecule is CN1CCN(c2ccc3c(c2)CN(C(=O)c2cc4c(C(=O)N5CCCC5)n[nH]c4cc2O)C3)CC1. The Morgan fingerprint density at radius 2 is 1.63 bits per heavy atom. The zero-order valence-corrected chi connectivity index (χ0v) is 20.0. The Morgan fingerprint density at radius 3 is 2.40 bits per heavy atom. The molecule has 3 aliphatic rings. The third-order valence-corrected chi connectivity index (χ3v) is 7.57. The molecule has 0 unspecified atom stereocenters. The standard InChI is InChI=1S/C26H30N6O3/c1-29-8-10-30(11-9-29)19-5-4-17-15-32(16-18(17)12-19)25(34)21-13-20-22(14-23(21)33)27-28-24(20)26(35)31-6-2-3-7-31/h4-5,12-14,33H,2-3,6-11,15-16H2,1H3,(H,27,28). The molecule has 3 aliphatic heterocycles. The Labute approximate surface area is 203 Å². The number of anilines is 1. The van der Waals surface area contributed by atoms with Crippen LogP contribution in [0.2, 0.25) is 0 Å². The lowest BCUT2D eigenvalue weighted by Gasteiger charge is -2.34. The number of carbonyl (C=O) groups excluding carboxylic acids is 2. The summed E-state index contributed by atoms with van der Waals surface area (Å²) in [5.74, 6) is -0.495. The van der Waals surface area contributed by atoms with Crippen molar-refractivity contribution >= 4 is 28.4 Å². The number of phenolic OH excluding ortho intramolecular Hbond substituents is 1. The number of amides is 2. The zero-order chi connectivity index (χ0) is 24.1. The van der Waals surface area contributed by atoms with Crippen LogP contribution in [0.25, 0.3) is 10.9 Å². The number of aromatic amines is 1. The number of benzene rings is 2. The van der Waals surface area contributed by atoms with Crippen LogP contribution in [-0.2, 0) is 13.1 Å². The van der Waals surface area contributed by atoms with E-state index in [0.29, 0.717) is 29.7 Å². The van der Waals surface area contributed by atoms with Gasteiger partial charge in [0.15, 0.2) is 5.69 Å². The second-order valence-corrected chi connectivity index (χ2v) is 9.89. The summed E-state index contributed by atoms with van der Waals surface area (Å²) < 4.78 is 0. The van der Waals surface area contributed by atoms with Crippen molar-refractivity contribution in [2.75, 3.05) is 51.2 Å². The van der Waals surface area contributed by atoms with Crippen LogP contribution in [0.4, 0.5) is 5.69 Å². The molecule has 9 heteroatoms. The smallest absolute Gasteiger partial charge is 0.274 e. The predicted molar refractivity (Wildman–Crippen MR) is 133 cm³/mol. The van der Waals surface area contributed by atoms with Crippen molar-refractivity contribution in [3.63, 3.8) is 0 Å². The highest BCUT2D eigenvalue weighted by Crippen LogP contribution is 2.32. The number of nitrogens with one attached hydrogen (secondary N) is 1. The van der Waals surface area contributed by atoms with E-state index < -0.39 is 0 Å². The van der Waals surface area contributed by atoms with Gasteiger partial charge in [0.25, 0.3) is 11.8 Å². The first-order valence-electron chi connectivity index (χ1n) is 12.3. The number of likely N-dealkylation sites (N-methyl/N-ethyl adjacent to an activating group) is 1. The lowest BCUT2D eigenvalue weighted by molar-refractivity contribution is 0.0746. The number of piperazine rings is 1. The fourth-order valence-electron chi connectivity index (χ4n) is 5.41. The van der Waals surface area contributed by atoms with E-state index in [-0.39, 0.29) is 23.1 Å². The first-order valence-corrected chi connectivity index (χ1v) is 12.3. The molecule has 0 saturated carbocycles. The molecule has 0 bridgehead atoms. The maximum absolute atomic E-state index is 13.5. The Balaban J connectivity index is 1.24. The zero-order valence-electron chi connectivity index (χ0n) is 20.0. The molecule has 3 aromatic rings. The summed E-state index contributed by atoms with van der Waals surface area (Å²) in [6.07, 6.45) is 1.98. The number of carbonyl (C=O) groups is 2. The number of fused-ring (bicyclic) bond motifs is 2. The van der Waals surface area contributed by atoms with Crippen molar-refractivity contribution in [3.8, 4) is 5.75 Å². The number of hydrogen-bond donors (Lipinski definition) is 2. The van der Waals surface area contributed by atoms with E-state index in [4.69, 9.17) is 0 Å². The Bertz CT molecular complexity index is 1300. The molecule has 4 heterocycles. The summed E-state index contributed by atoms with van der Waals surface area (Å²) in [6, 6.07) is 9.55. The molecule has 2 N–H and O–H groups in total. The first kappa shape index (κ1) is 21.9. The van der Waals surface area contributed by atoms with Gasteiger partial charge in [-0.15, -0.1) is 0 Å². The molecule has 182 valence electrons. The Kier molecular flexibility index (Phi) is 5.36. The van der Waals surface area contributed by atoms with Crippen LogP contribution in [0.5, 0.6) is 5.75 Å². The molecule has 0 spiro atoms. The van der Waals surface area contributed by atoms with Gasteiger partial charge in [-0.2, -0.15) is 5.10 Å². The lowest BCUT2D eigenvalue weighted by atomic mass is 10.1. The highest BCUT2D eigenvalue weighted by atomic mass is 16.3. The maximum Gasteiger partial charge on any atom is 0.274 e. The first-order chi connectivity index (χ1) is 17.0. The van der Waals surface area contributed by atoms with Gasteiger partial charge in [0.2, 0.25) is 0 Å². The van der Waals surface area contributed by atoms with E-state index in [2.05, 4.69) is 45.2 Å². The molecule has 0 aliphatic carbocycles. The number of aromatic nitrogens is 2. The van der Waals surface area contributed by atoms with Crippen LogP contribution < -0.4 is 4.90 Å². The Hall–Kier alpha value is -3.59. The lowest BCUT2D eigenvalue weighted by Crippen LogP contribution is -2.44. The topological polar surface area (TPSA) is 96.0 Å². The van der Waals surface area contributed by atoms with E-state index in [1.54, 1.807) is 15.9 Å². The molecule has 0 atom stereocenters. The van der Waals surface area contributed by atoms with Crippen molar-refractivity contribution in [2.24, 2.45) is 0 Å². The van der Waals surface area contributed by atoms with E-state index in [1.165, 1.54) is 11.8 Å². The van der Waals surface area contributed by atoms with Gasteiger partial charge in [-0.1, -0.05) is 6.07 Å². The minimum atomic E-state index is -0.248. The van der Waals surface area contributed by atoms with Crippen molar-refractivity contribution < 1.29 is 14.7 Å². The second kappa shape index (κ2) is 8.57. The summed E-state index contributed by atoms with van der Waals surface area (Å²) in [4.78, 5) is 34.7. The molecule has 9 nitrogen and oxygen atoms in total. The van der Waals surface area contributed by atoms with Gasteiger partial charge in [-0.3, -0.25) is 14.7 Å². The molecule has 6 rings (SSSR count). The van der Waals surface area contributed by atoms with Gasteiger partial charge in [-0.05, 0) is 49.2 Å². The second-order valence-electron chi connectivity index (χ2n) is 9.89. The molecule has 2 saturated heterocycles. The summed E-state index contributed by atoms with van der Waals surface area (Å²) >= 11 is 0. The number of hydrogen-bond acceptors (Lipinski definition) is 6. The fraction of sp³-hybridized carbons (Fsp3) is 0.423. The highest BCUT2D eigenvalue weighted by Gasteiger charge is 2.29. The fourth-order valence-corrected chi connectivity index (χ4v) is 5.41. The number of phenols is 1. The van der Waals surface area contributed by atoms with Crippen LogP contribution in [-0.4, -0.2) is 88.1 Å². The van der Waals surface area contributed by atoms with Gasteiger partial charge < -0.3 is 24.7 Å². The molecule has 2 amide bonds. The van der Waals surface area contributed by atoms with Crippen LogP contribution in [0.15, 0.2) is 30.3 Å². The van der Waals surface area contributed by atoms with Crippen LogP contribution in [0, 0.1) is 0 Å². The normalized spacial score (nSPS) is 18.5. The number of aromatic hydroxyl groups is 1. The third kappa shape index (κ3) is 3.89. The summed E-state index contributed by atoms with van der Waals surface area (Å²) in [5.41, 5.74) is 4.51. The highest BCUT2D eigenvalue weighted by molar-refractivity contribution is 6.08. The number of H-pyrrole nitrogens is 1. The van der Waals surface area contributed by atoms with E-state index in [9.17, 15) is 14.7 Å². The van der Waals surface area contributed by atoms with E-state index in [1.807, 2.05) is 0 Å². The number of likely N-dealkylation sites (tertiary alicyclic amines) is 1. The van der Waals surface area contributed by atoms with Crippen LogP contribution in [0.1, 0.15) is 44.8 Å². The van der Waals surface area contributed by atoms with Crippen molar-refractivity contribution in [1.29, 1.82) is 0 Å². The minimum Gasteiger partial charge on any atom is -0.507 e. The third-order valence-electron chi connectivity index (χ3n) is 7.57. The molecule has 1 aromatic heterocycles. The quantitative estimate of drug-likeness (QED) is 0.605. The van der Waals surface area contributed by atoms with Crippen molar-refractivity contribution in [3.05, 3.63) is 52.7 Å². The van der Waals surface area contributed by atoms with Crippen molar-refractivity contribution in [1.82, 2.24) is 24.9 Å². The maximum atomic E-state index is 13.5. The largest absolute Gasteiger partial charge is 0.507 e. The molecule has 2 fully saturated rings. The predicted octanol–water partition coefficient (Wildman–Crippen LogP) is 2.41. The average molecular weight is 475 g/mol. The summed E-state index contributed by atoms with van der Waals surface area (Å²) in [5, 5.41) is 18.3. The van der Waals surface area contributed by atoms with Crippen LogP contribution in [0.3, 0.4) is 0 Å². The van der Waals surface area contributed by atoms with Gasteiger partial charge in [0.05, 0.1) is 11.1 Å². The molecule has 0 radical (unpaired) electrons. The number of nitrogens with zero attached hydrogens (tertiary/aromatic N) is 5. The Morgan fingerprint density at radius 1 is 0.886 bits per heavy atom. The number of rotatable bonds is 3. The van der Waals surface area contributed by atoms with E-state index in [0.717, 1.165) is 63.2 Å². The molecular formula is C26H30N6O3. The summed E-state index contributed by atoms with van der Waals surface area (Å²) in [7, 11) is 2.14. The monoisotopic (exact) mass is 474 g/mol. The van der Waals surface area contributed by atoms with E-state index >= 15 is 0 Å². The summed E-state index contributed by atoms with van der Waals surface area (Å²) in [6.45, 7) is 6.51. The minimum absolute atomic E-state index is 0.111. The van der Waals surface area contributed by atoms with Gasteiger partial charge in [0, 0.05) is 69.5 Å². The van der Waals surface area contributed by atoms with Gasteiger partial charge in [-0.25, -0.2) is 0 Å².